The fourth-order valence-electron chi connectivity index (χ4n) is 3.70. The van der Waals surface area contributed by atoms with E-state index in [1.807, 2.05) is 18.2 Å². The summed E-state index contributed by atoms with van der Waals surface area (Å²) in [6, 6.07) is 5.65. The molecule has 0 radical (unpaired) electrons. The van der Waals surface area contributed by atoms with Gasteiger partial charge in [0.25, 0.3) is 0 Å². The number of rotatable bonds is 4. The van der Waals surface area contributed by atoms with Crippen molar-refractivity contribution in [2.75, 3.05) is 33.4 Å². The van der Waals surface area contributed by atoms with Gasteiger partial charge in [-0.05, 0) is 44.1 Å². The third kappa shape index (κ3) is 2.16. The van der Waals surface area contributed by atoms with Crippen LogP contribution in [0.1, 0.15) is 23.2 Å². The van der Waals surface area contributed by atoms with E-state index in [1.165, 1.54) is 0 Å². The third-order valence-corrected chi connectivity index (χ3v) is 5.09. The van der Waals surface area contributed by atoms with E-state index in [9.17, 15) is 4.79 Å². The second-order valence-electron chi connectivity index (χ2n) is 6.47. The van der Waals surface area contributed by atoms with Gasteiger partial charge in [0.1, 0.15) is 5.75 Å². The number of piperidine rings is 1. The van der Waals surface area contributed by atoms with E-state index in [4.69, 9.17) is 9.47 Å². The summed E-state index contributed by atoms with van der Waals surface area (Å²) in [5, 5.41) is 0.848. The topological polar surface area (TPSA) is 54.6 Å². The highest BCUT2D eigenvalue weighted by Gasteiger charge is 2.44. The minimum Gasteiger partial charge on any atom is -0.497 e. The zero-order valence-corrected chi connectivity index (χ0v) is 12.7. The molecule has 2 aliphatic rings. The Bertz CT molecular complexity index is 714. The Morgan fingerprint density at radius 3 is 2.86 bits per heavy atom. The highest BCUT2D eigenvalue weighted by Crippen LogP contribution is 2.40. The summed E-state index contributed by atoms with van der Waals surface area (Å²) < 4.78 is 10.9. The smallest absolute Gasteiger partial charge is 0.340 e. The maximum absolute atomic E-state index is 12.5. The molecule has 22 heavy (non-hydrogen) atoms. The van der Waals surface area contributed by atoms with Crippen LogP contribution in [0, 0.1) is 5.41 Å². The molecule has 0 unspecified atom stereocenters. The van der Waals surface area contributed by atoms with Crippen molar-refractivity contribution >= 4 is 16.9 Å². The maximum Gasteiger partial charge on any atom is 0.340 e. The quantitative estimate of drug-likeness (QED) is 0.881. The number of benzene rings is 1. The molecule has 1 N–H and O–H groups in total. The van der Waals surface area contributed by atoms with Gasteiger partial charge in [0.15, 0.2) is 0 Å². The summed E-state index contributed by atoms with van der Waals surface area (Å²) >= 11 is 0. The molecule has 0 atom stereocenters. The third-order valence-electron chi connectivity index (χ3n) is 5.09. The Labute approximate surface area is 129 Å². The Kier molecular flexibility index (Phi) is 3.11. The molecule has 1 aromatic heterocycles. The average Bonchev–Trinajstić information content (AvgIpc) is 3.26. The maximum atomic E-state index is 12.5. The van der Waals surface area contributed by atoms with Gasteiger partial charge in [-0.25, -0.2) is 4.79 Å². The summed E-state index contributed by atoms with van der Waals surface area (Å²) in [5.74, 6) is 0.487. The van der Waals surface area contributed by atoms with Crippen molar-refractivity contribution in [2.24, 2.45) is 5.41 Å². The first-order valence-electron chi connectivity index (χ1n) is 7.74. The molecule has 0 aliphatic carbocycles. The van der Waals surface area contributed by atoms with E-state index in [1.54, 1.807) is 13.3 Å². The number of hydrogen-bond acceptors (Lipinski definition) is 4. The summed E-state index contributed by atoms with van der Waals surface area (Å²) in [5.41, 5.74) is 1.69. The number of carbonyl (C=O) groups is 1. The van der Waals surface area contributed by atoms with Crippen LogP contribution in [0.4, 0.5) is 0 Å². The minimum absolute atomic E-state index is 0.194. The standard InChI is InChI=1S/C17H20N2O3/c1-21-12-2-3-15-13(8-12)14(9-18-15)16(20)22-11-17-4-6-19(10-17)7-5-17/h2-3,8-9,18H,4-7,10-11H2,1H3. The van der Waals surface area contributed by atoms with Gasteiger partial charge in [0.2, 0.25) is 0 Å². The van der Waals surface area contributed by atoms with Gasteiger partial charge in [-0.3, -0.25) is 0 Å². The van der Waals surface area contributed by atoms with E-state index in [0.717, 1.165) is 49.1 Å². The summed E-state index contributed by atoms with van der Waals surface area (Å²) in [6.45, 7) is 3.88. The minimum atomic E-state index is -0.251. The van der Waals surface area contributed by atoms with E-state index in [-0.39, 0.29) is 11.4 Å². The predicted octanol–water partition coefficient (Wildman–Crippen LogP) is 2.43. The fraction of sp³-hybridized carbons (Fsp3) is 0.471. The van der Waals surface area contributed by atoms with Crippen LogP contribution < -0.4 is 4.74 Å². The molecular weight excluding hydrogens is 280 g/mol. The fourth-order valence-corrected chi connectivity index (χ4v) is 3.70. The van der Waals surface area contributed by atoms with Crippen molar-refractivity contribution < 1.29 is 14.3 Å². The number of carbonyl (C=O) groups excluding carboxylic acids is 1. The number of nitrogens with zero attached hydrogens (tertiary/aromatic N) is 1. The molecular formula is C17H20N2O3. The summed E-state index contributed by atoms with van der Waals surface area (Å²) in [4.78, 5) is 18.0. The number of hydrogen-bond donors (Lipinski definition) is 1. The highest BCUT2D eigenvalue weighted by atomic mass is 16.5. The predicted molar refractivity (Wildman–Crippen MR) is 83.2 cm³/mol. The number of methoxy groups -OCH3 is 1. The molecule has 0 saturated carbocycles. The number of fused-ring (bicyclic) bond motifs is 3. The molecule has 4 rings (SSSR count). The van der Waals surface area contributed by atoms with Crippen LogP contribution in [0.25, 0.3) is 10.9 Å². The van der Waals surface area contributed by atoms with Gasteiger partial charge in [0.05, 0.1) is 19.3 Å². The van der Waals surface area contributed by atoms with Gasteiger partial charge in [-0.15, -0.1) is 0 Å². The van der Waals surface area contributed by atoms with Crippen molar-refractivity contribution in [3.63, 3.8) is 0 Å². The number of ether oxygens (including phenoxy) is 2. The molecule has 3 heterocycles. The van der Waals surface area contributed by atoms with Crippen LogP contribution in [0.15, 0.2) is 24.4 Å². The van der Waals surface area contributed by atoms with Crippen LogP contribution in [0.3, 0.4) is 0 Å². The molecule has 1 aromatic carbocycles. The number of nitrogens with one attached hydrogen (secondary N) is 1. The van der Waals surface area contributed by atoms with Crippen molar-refractivity contribution in [3.8, 4) is 5.75 Å². The number of esters is 1. The molecule has 2 aliphatic heterocycles. The first-order chi connectivity index (χ1) is 10.7. The van der Waals surface area contributed by atoms with Crippen LogP contribution >= 0.6 is 0 Å². The van der Waals surface area contributed by atoms with E-state index >= 15 is 0 Å². The first kappa shape index (κ1) is 13.6. The van der Waals surface area contributed by atoms with Crippen LogP contribution in [-0.2, 0) is 4.74 Å². The van der Waals surface area contributed by atoms with Crippen LogP contribution in [0.5, 0.6) is 5.75 Å². The monoisotopic (exact) mass is 300 g/mol. The zero-order chi connectivity index (χ0) is 15.2. The Morgan fingerprint density at radius 2 is 2.18 bits per heavy atom. The number of aromatic nitrogens is 1. The van der Waals surface area contributed by atoms with Crippen molar-refractivity contribution in [2.45, 2.75) is 12.8 Å². The summed E-state index contributed by atoms with van der Waals surface area (Å²) in [7, 11) is 1.62. The second-order valence-corrected chi connectivity index (χ2v) is 6.47. The number of aromatic amines is 1. The normalized spacial score (nSPS) is 26.5. The first-order valence-corrected chi connectivity index (χ1v) is 7.74. The molecule has 0 spiro atoms. The molecule has 2 saturated heterocycles. The molecule has 116 valence electrons. The highest BCUT2D eigenvalue weighted by molar-refractivity contribution is 6.04. The lowest BCUT2D eigenvalue weighted by atomic mass is 9.86. The van der Waals surface area contributed by atoms with Crippen LogP contribution in [-0.4, -0.2) is 49.2 Å². The van der Waals surface area contributed by atoms with Crippen molar-refractivity contribution in [1.82, 2.24) is 9.88 Å². The van der Waals surface area contributed by atoms with E-state index in [2.05, 4.69) is 9.88 Å². The lowest BCUT2D eigenvalue weighted by Crippen LogP contribution is -2.27. The Hall–Kier alpha value is -2.01. The molecule has 2 bridgehead atoms. The van der Waals surface area contributed by atoms with E-state index < -0.39 is 0 Å². The molecule has 5 nitrogen and oxygen atoms in total. The molecule has 0 amide bonds. The zero-order valence-electron chi connectivity index (χ0n) is 12.7. The lowest BCUT2D eigenvalue weighted by Gasteiger charge is -2.24. The van der Waals surface area contributed by atoms with Crippen molar-refractivity contribution in [3.05, 3.63) is 30.0 Å². The van der Waals surface area contributed by atoms with E-state index in [0.29, 0.717) is 12.2 Å². The van der Waals surface area contributed by atoms with Gasteiger partial charge in [-0.1, -0.05) is 0 Å². The summed E-state index contributed by atoms with van der Waals surface area (Å²) in [6.07, 6.45) is 4.00. The average molecular weight is 300 g/mol. The van der Waals surface area contributed by atoms with Gasteiger partial charge >= 0.3 is 5.97 Å². The molecule has 5 heteroatoms. The Balaban J connectivity index is 1.53. The van der Waals surface area contributed by atoms with Gasteiger partial charge in [0, 0.05) is 29.1 Å². The van der Waals surface area contributed by atoms with Crippen LogP contribution in [0.2, 0.25) is 0 Å². The Morgan fingerprint density at radius 1 is 1.36 bits per heavy atom. The molecule has 2 fully saturated rings. The van der Waals surface area contributed by atoms with Gasteiger partial charge < -0.3 is 19.4 Å². The van der Waals surface area contributed by atoms with Crippen molar-refractivity contribution in [1.29, 1.82) is 0 Å². The second kappa shape index (κ2) is 5.02. The lowest BCUT2D eigenvalue weighted by molar-refractivity contribution is 0.0326. The molecule has 2 aromatic rings. The largest absolute Gasteiger partial charge is 0.497 e. The SMILES string of the molecule is COc1ccc2[nH]cc(C(=O)OCC34CCN(CC3)C4)c2c1. The van der Waals surface area contributed by atoms with Gasteiger partial charge in [-0.2, -0.15) is 0 Å². The number of H-pyrrole nitrogens is 1.